The summed E-state index contributed by atoms with van der Waals surface area (Å²) in [6, 6.07) is 5.47. The van der Waals surface area contributed by atoms with E-state index in [1.807, 2.05) is 24.6 Å². The zero-order chi connectivity index (χ0) is 15.0. The van der Waals surface area contributed by atoms with Crippen LogP contribution in [0.25, 0.3) is 0 Å². The first-order valence-electron chi connectivity index (χ1n) is 6.63. The van der Waals surface area contributed by atoms with E-state index in [0.29, 0.717) is 16.6 Å². The highest BCUT2D eigenvalue weighted by molar-refractivity contribution is 7.07. The highest BCUT2D eigenvalue weighted by atomic mass is 35.5. The van der Waals surface area contributed by atoms with E-state index in [1.54, 1.807) is 16.5 Å². The van der Waals surface area contributed by atoms with Crippen LogP contribution < -0.4 is 0 Å². The minimum absolute atomic E-state index is 0.0207. The maximum atomic E-state index is 12.4. The fourth-order valence-corrected chi connectivity index (χ4v) is 3.63. The zero-order valence-electron chi connectivity index (χ0n) is 11.4. The summed E-state index contributed by atoms with van der Waals surface area (Å²) in [5, 5.41) is 3.22. The molecule has 0 radical (unpaired) electrons. The van der Waals surface area contributed by atoms with Crippen molar-refractivity contribution in [1.29, 1.82) is 0 Å². The van der Waals surface area contributed by atoms with Crippen LogP contribution >= 0.6 is 34.5 Å². The van der Waals surface area contributed by atoms with Crippen LogP contribution in [0.4, 0.5) is 0 Å². The van der Waals surface area contributed by atoms with Gasteiger partial charge in [-0.1, -0.05) is 29.3 Å². The molecule has 110 valence electrons. The number of nitrogens with zero attached hydrogens (tertiary/aromatic N) is 2. The number of hydrogen-bond acceptors (Lipinski definition) is 3. The van der Waals surface area contributed by atoms with E-state index in [2.05, 4.69) is 4.98 Å². The molecule has 0 aliphatic heterocycles. The summed E-state index contributed by atoms with van der Waals surface area (Å²) in [6.45, 7) is 0.555. The Morgan fingerprint density at radius 2 is 2.29 bits per heavy atom. The van der Waals surface area contributed by atoms with Gasteiger partial charge >= 0.3 is 0 Å². The van der Waals surface area contributed by atoms with Crippen LogP contribution in [0, 0.1) is 5.92 Å². The predicted molar refractivity (Wildman–Crippen MR) is 85.9 cm³/mol. The number of benzene rings is 1. The molecule has 1 amide bonds. The maximum Gasteiger partial charge on any atom is 0.226 e. The smallest absolute Gasteiger partial charge is 0.226 e. The molecule has 2 atom stereocenters. The molecule has 0 bridgehead atoms. The average molecular weight is 341 g/mol. The molecule has 0 unspecified atom stereocenters. The van der Waals surface area contributed by atoms with Gasteiger partial charge < -0.3 is 4.90 Å². The summed E-state index contributed by atoms with van der Waals surface area (Å²) >= 11 is 13.7. The summed E-state index contributed by atoms with van der Waals surface area (Å²) in [7, 11) is 1.82. The Kier molecular flexibility index (Phi) is 4.20. The van der Waals surface area contributed by atoms with Gasteiger partial charge in [-0.3, -0.25) is 4.79 Å². The van der Waals surface area contributed by atoms with Gasteiger partial charge in [0, 0.05) is 28.4 Å². The Morgan fingerprint density at radius 1 is 1.48 bits per heavy atom. The summed E-state index contributed by atoms with van der Waals surface area (Å²) < 4.78 is 0. The Hall–Kier alpha value is -1.10. The molecule has 1 aliphatic carbocycles. The largest absolute Gasteiger partial charge is 0.340 e. The molecule has 1 aromatic heterocycles. The number of carbonyl (C=O) groups is 1. The van der Waals surface area contributed by atoms with Crippen LogP contribution in [0.2, 0.25) is 10.0 Å². The molecule has 1 fully saturated rings. The number of hydrogen-bond donors (Lipinski definition) is 0. The number of halogens is 2. The van der Waals surface area contributed by atoms with Crippen LogP contribution in [-0.4, -0.2) is 22.8 Å². The quantitative estimate of drug-likeness (QED) is 0.835. The van der Waals surface area contributed by atoms with E-state index < -0.39 is 0 Å². The van der Waals surface area contributed by atoms with Gasteiger partial charge in [0.05, 0.1) is 17.7 Å². The fourth-order valence-electron chi connectivity index (χ4n) is 2.53. The topological polar surface area (TPSA) is 33.2 Å². The molecule has 0 spiro atoms. The second-order valence-electron chi connectivity index (χ2n) is 5.29. The monoisotopic (exact) mass is 340 g/mol. The van der Waals surface area contributed by atoms with Crippen molar-refractivity contribution in [2.45, 2.75) is 18.9 Å². The number of carbonyl (C=O) groups excluding carboxylic acids is 1. The van der Waals surface area contributed by atoms with Gasteiger partial charge in [0.25, 0.3) is 0 Å². The Morgan fingerprint density at radius 3 is 2.95 bits per heavy atom. The third-order valence-electron chi connectivity index (χ3n) is 3.73. The summed E-state index contributed by atoms with van der Waals surface area (Å²) in [5.74, 6) is 0.381. The third-order valence-corrected chi connectivity index (χ3v) is 4.93. The summed E-state index contributed by atoms with van der Waals surface area (Å²) in [5.41, 5.74) is 3.72. The number of aromatic nitrogens is 1. The lowest BCUT2D eigenvalue weighted by atomic mass is 10.1. The van der Waals surface area contributed by atoms with Crippen molar-refractivity contribution in [2.24, 2.45) is 5.92 Å². The number of amides is 1. The van der Waals surface area contributed by atoms with Crippen molar-refractivity contribution < 1.29 is 4.79 Å². The summed E-state index contributed by atoms with van der Waals surface area (Å²) in [4.78, 5) is 18.4. The lowest BCUT2D eigenvalue weighted by Crippen LogP contribution is -2.28. The molecule has 1 saturated carbocycles. The van der Waals surface area contributed by atoms with Crippen molar-refractivity contribution in [3.05, 3.63) is 50.4 Å². The highest BCUT2D eigenvalue weighted by Gasteiger charge is 2.46. The van der Waals surface area contributed by atoms with Gasteiger partial charge in [-0.2, -0.15) is 0 Å². The minimum atomic E-state index is 0.0207. The van der Waals surface area contributed by atoms with Gasteiger partial charge in [0.2, 0.25) is 5.91 Å². The van der Waals surface area contributed by atoms with Crippen molar-refractivity contribution in [1.82, 2.24) is 9.88 Å². The average Bonchev–Trinajstić information content (AvgIpc) is 3.06. The molecule has 1 heterocycles. The zero-order valence-corrected chi connectivity index (χ0v) is 13.8. The fraction of sp³-hybridized carbons (Fsp3) is 0.333. The predicted octanol–water partition coefficient (Wildman–Crippen LogP) is 4.21. The van der Waals surface area contributed by atoms with Crippen molar-refractivity contribution in [2.75, 3.05) is 7.05 Å². The van der Waals surface area contributed by atoms with Crippen molar-refractivity contribution in [3.63, 3.8) is 0 Å². The normalized spacial score (nSPS) is 20.3. The van der Waals surface area contributed by atoms with Crippen molar-refractivity contribution in [3.8, 4) is 0 Å². The number of thiazole rings is 1. The van der Waals surface area contributed by atoms with Crippen LogP contribution in [0.1, 0.15) is 23.6 Å². The second kappa shape index (κ2) is 5.95. The first-order chi connectivity index (χ1) is 10.1. The molecule has 0 N–H and O–H groups in total. The molecule has 21 heavy (non-hydrogen) atoms. The lowest BCUT2D eigenvalue weighted by molar-refractivity contribution is -0.131. The van der Waals surface area contributed by atoms with Crippen molar-refractivity contribution >= 4 is 40.4 Å². The molecule has 0 saturated heterocycles. The van der Waals surface area contributed by atoms with Crippen LogP contribution in [-0.2, 0) is 11.3 Å². The molecule has 3 rings (SSSR count). The van der Waals surface area contributed by atoms with Gasteiger partial charge in [-0.05, 0) is 30.0 Å². The van der Waals surface area contributed by atoms with Crippen LogP contribution in [0.15, 0.2) is 29.1 Å². The molecule has 1 aliphatic rings. The molecule has 2 aromatic rings. The molecule has 3 nitrogen and oxygen atoms in total. The SMILES string of the molecule is CN(Cc1cscn1)C(=O)[C@H]1C[C@@H]1c1ccc(Cl)cc1Cl. The molecule has 6 heteroatoms. The summed E-state index contributed by atoms with van der Waals surface area (Å²) in [6.07, 6.45) is 0.849. The highest BCUT2D eigenvalue weighted by Crippen LogP contribution is 2.50. The Bertz CT molecular complexity index is 660. The molecular formula is C15H14Cl2N2OS. The second-order valence-corrected chi connectivity index (χ2v) is 6.85. The van der Waals surface area contributed by atoms with E-state index in [4.69, 9.17) is 23.2 Å². The van der Waals surface area contributed by atoms with Crippen LogP contribution in [0.3, 0.4) is 0 Å². The minimum Gasteiger partial charge on any atom is -0.340 e. The maximum absolute atomic E-state index is 12.4. The van der Waals surface area contributed by atoms with E-state index in [1.165, 1.54) is 11.3 Å². The van der Waals surface area contributed by atoms with E-state index in [0.717, 1.165) is 17.7 Å². The van der Waals surface area contributed by atoms with E-state index in [-0.39, 0.29) is 17.7 Å². The molecule has 1 aromatic carbocycles. The van der Waals surface area contributed by atoms with Gasteiger partial charge in [-0.15, -0.1) is 11.3 Å². The molecular weight excluding hydrogens is 327 g/mol. The lowest BCUT2D eigenvalue weighted by Gasteiger charge is -2.16. The Labute approximate surface area is 137 Å². The number of rotatable bonds is 4. The van der Waals surface area contributed by atoms with Gasteiger partial charge in [-0.25, -0.2) is 4.98 Å². The third kappa shape index (κ3) is 3.23. The van der Waals surface area contributed by atoms with Gasteiger partial charge in [0.1, 0.15) is 0 Å². The first-order valence-corrected chi connectivity index (χ1v) is 8.33. The van der Waals surface area contributed by atoms with E-state index in [9.17, 15) is 4.79 Å². The first kappa shape index (κ1) is 14.8. The Balaban J connectivity index is 1.65. The van der Waals surface area contributed by atoms with Gasteiger partial charge in [0.15, 0.2) is 0 Å². The van der Waals surface area contributed by atoms with E-state index >= 15 is 0 Å². The standard InChI is InChI=1S/C15H14Cl2N2OS/c1-19(6-10-7-21-8-18-10)15(20)13-5-12(13)11-3-2-9(16)4-14(11)17/h2-4,7-8,12-13H,5-6H2,1H3/t12-,13+/m1/s1. The van der Waals surface area contributed by atoms with Crippen LogP contribution in [0.5, 0.6) is 0 Å².